The summed E-state index contributed by atoms with van der Waals surface area (Å²) in [5, 5.41) is 10.1. The normalized spacial score (nSPS) is 12.8. The average molecular weight is 426 g/mol. The van der Waals surface area contributed by atoms with Gasteiger partial charge < -0.3 is 5.11 Å². The van der Waals surface area contributed by atoms with Gasteiger partial charge in [-0.15, -0.1) is 11.3 Å². The molecular formula is C16H26Br2OS. The maximum absolute atomic E-state index is 10.1. The first-order valence-corrected chi connectivity index (χ1v) is 10.2. The van der Waals surface area contributed by atoms with Crippen LogP contribution in [0.4, 0.5) is 0 Å². The van der Waals surface area contributed by atoms with Gasteiger partial charge in [-0.25, -0.2) is 0 Å². The van der Waals surface area contributed by atoms with Gasteiger partial charge in [-0.1, -0.05) is 64.7 Å². The van der Waals surface area contributed by atoms with Crippen molar-refractivity contribution in [1.29, 1.82) is 0 Å². The fourth-order valence-corrected chi connectivity index (χ4v) is 4.43. The maximum Gasteiger partial charge on any atom is 0.0882 e. The van der Waals surface area contributed by atoms with E-state index in [4.69, 9.17) is 0 Å². The highest BCUT2D eigenvalue weighted by Crippen LogP contribution is 2.36. The Labute approximate surface area is 144 Å². The topological polar surface area (TPSA) is 20.2 Å². The molecule has 1 atom stereocenters. The third-order valence-electron chi connectivity index (χ3n) is 3.57. The highest BCUT2D eigenvalue weighted by atomic mass is 79.9. The molecule has 0 aliphatic heterocycles. The minimum absolute atomic E-state index is 0.299. The molecule has 0 saturated carbocycles. The van der Waals surface area contributed by atoms with Gasteiger partial charge in [0.1, 0.15) is 0 Å². The molecule has 1 aromatic heterocycles. The quantitative estimate of drug-likeness (QED) is 0.370. The van der Waals surface area contributed by atoms with E-state index >= 15 is 0 Å². The number of halogens is 2. The summed E-state index contributed by atoms with van der Waals surface area (Å²) in [5.41, 5.74) is 0. The summed E-state index contributed by atoms with van der Waals surface area (Å²) in [6, 6.07) is 2.02. The van der Waals surface area contributed by atoms with E-state index in [9.17, 15) is 5.11 Å². The Morgan fingerprint density at radius 1 is 1.00 bits per heavy atom. The van der Waals surface area contributed by atoms with Crippen LogP contribution in [0, 0.1) is 0 Å². The molecule has 1 aromatic rings. The molecule has 0 aliphatic carbocycles. The molecule has 4 heteroatoms. The van der Waals surface area contributed by atoms with Crippen molar-refractivity contribution in [3.8, 4) is 0 Å². The Bertz CT molecular complexity index is 346. The molecule has 116 valence electrons. The highest BCUT2D eigenvalue weighted by molar-refractivity contribution is 9.13. The van der Waals surface area contributed by atoms with E-state index in [1.807, 2.05) is 6.07 Å². The monoisotopic (exact) mass is 424 g/mol. The van der Waals surface area contributed by atoms with Crippen molar-refractivity contribution in [2.24, 2.45) is 0 Å². The number of hydrogen-bond donors (Lipinski definition) is 1. The van der Waals surface area contributed by atoms with Crippen molar-refractivity contribution in [2.45, 2.75) is 77.2 Å². The average Bonchev–Trinajstić information content (AvgIpc) is 2.77. The summed E-state index contributed by atoms with van der Waals surface area (Å²) in [5.74, 6) is 0. The van der Waals surface area contributed by atoms with Crippen LogP contribution in [0.1, 0.15) is 82.1 Å². The van der Waals surface area contributed by atoms with Gasteiger partial charge in [0.15, 0.2) is 0 Å². The van der Waals surface area contributed by atoms with Gasteiger partial charge in [-0.05, 0) is 44.3 Å². The van der Waals surface area contributed by atoms with Crippen molar-refractivity contribution in [3.05, 3.63) is 19.2 Å². The molecule has 1 unspecified atom stereocenters. The molecule has 0 amide bonds. The molecule has 1 N–H and O–H groups in total. The minimum atomic E-state index is -0.299. The number of aliphatic hydroxyl groups is 1. The Morgan fingerprint density at radius 3 is 2.05 bits per heavy atom. The highest BCUT2D eigenvalue weighted by Gasteiger charge is 2.12. The van der Waals surface area contributed by atoms with Gasteiger partial charge in [0, 0.05) is 9.35 Å². The molecule has 1 heterocycles. The second-order valence-electron chi connectivity index (χ2n) is 5.40. The lowest BCUT2D eigenvalue weighted by molar-refractivity contribution is 0.167. The predicted molar refractivity (Wildman–Crippen MR) is 96.5 cm³/mol. The lowest BCUT2D eigenvalue weighted by Crippen LogP contribution is -1.94. The van der Waals surface area contributed by atoms with Crippen LogP contribution >= 0.6 is 43.2 Å². The molecule has 20 heavy (non-hydrogen) atoms. The third-order valence-corrected chi connectivity index (χ3v) is 6.93. The summed E-state index contributed by atoms with van der Waals surface area (Å²) >= 11 is 8.56. The molecule has 1 rings (SSSR count). The first kappa shape index (κ1) is 18.7. The zero-order chi connectivity index (χ0) is 14.8. The minimum Gasteiger partial charge on any atom is -0.388 e. The summed E-state index contributed by atoms with van der Waals surface area (Å²) in [4.78, 5) is 1.06. The standard InChI is InChI=1S/C16H26Br2OS/c1-2-3-4-5-6-7-8-9-10-11-14(19)15-12-13(17)16(18)20-15/h12,14,19H,2-11H2,1H3. The van der Waals surface area contributed by atoms with E-state index in [0.29, 0.717) is 0 Å². The van der Waals surface area contributed by atoms with Gasteiger partial charge in [0.2, 0.25) is 0 Å². The van der Waals surface area contributed by atoms with Crippen LogP contribution < -0.4 is 0 Å². The lowest BCUT2D eigenvalue weighted by atomic mass is 10.0. The second kappa shape index (κ2) is 11.2. The predicted octanol–water partition coefficient (Wildman–Crippen LogP) is 7.23. The maximum atomic E-state index is 10.1. The Hall–Kier alpha value is 0.620. The first-order chi connectivity index (χ1) is 9.65. The van der Waals surface area contributed by atoms with Crippen molar-refractivity contribution < 1.29 is 5.11 Å². The number of aliphatic hydroxyl groups excluding tert-OH is 1. The van der Waals surface area contributed by atoms with Gasteiger partial charge in [-0.2, -0.15) is 0 Å². The van der Waals surface area contributed by atoms with Crippen molar-refractivity contribution in [1.82, 2.24) is 0 Å². The number of unbranched alkanes of at least 4 members (excludes halogenated alkanes) is 8. The smallest absolute Gasteiger partial charge is 0.0882 e. The zero-order valence-corrected chi connectivity index (χ0v) is 16.3. The zero-order valence-electron chi connectivity index (χ0n) is 12.3. The largest absolute Gasteiger partial charge is 0.388 e. The van der Waals surface area contributed by atoms with Crippen LogP contribution in [0.2, 0.25) is 0 Å². The second-order valence-corrected chi connectivity index (χ2v) is 8.66. The van der Waals surface area contributed by atoms with Crippen LogP contribution in [0.15, 0.2) is 14.3 Å². The summed E-state index contributed by atoms with van der Waals surface area (Å²) < 4.78 is 2.11. The van der Waals surface area contributed by atoms with E-state index in [2.05, 4.69) is 38.8 Å². The van der Waals surface area contributed by atoms with Crippen molar-refractivity contribution in [3.63, 3.8) is 0 Å². The molecule has 0 aromatic carbocycles. The molecule has 0 spiro atoms. The Balaban J connectivity index is 2.01. The van der Waals surface area contributed by atoms with Gasteiger partial charge in [-0.3, -0.25) is 0 Å². The molecule has 0 aliphatic rings. The van der Waals surface area contributed by atoms with Crippen LogP contribution in [0.5, 0.6) is 0 Å². The third kappa shape index (κ3) is 7.58. The van der Waals surface area contributed by atoms with Crippen molar-refractivity contribution >= 4 is 43.2 Å². The molecular weight excluding hydrogens is 400 g/mol. The van der Waals surface area contributed by atoms with E-state index in [1.165, 1.54) is 51.4 Å². The Morgan fingerprint density at radius 2 is 1.55 bits per heavy atom. The first-order valence-electron chi connectivity index (χ1n) is 7.78. The van der Waals surface area contributed by atoms with E-state index in [1.54, 1.807) is 11.3 Å². The van der Waals surface area contributed by atoms with E-state index in [0.717, 1.165) is 26.0 Å². The summed E-state index contributed by atoms with van der Waals surface area (Å²) in [7, 11) is 0. The lowest BCUT2D eigenvalue weighted by Gasteiger charge is -2.08. The summed E-state index contributed by atoms with van der Waals surface area (Å²) in [6.45, 7) is 2.26. The van der Waals surface area contributed by atoms with Gasteiger partial charge in [0.25, 0.3) is 0 Å². The van der Waals surface area contributed by atoms with Crippen LogP contribution in [0.25, 0.3) is 0 Å². The molecule has 0 bridgehead atoms. The fourth-order valence-electron chi connectivity index (χ4n) is 2.32. The van der Waals surface area contributed by atoms with Crippen molar-refractivity contribution in [2.75, 3.05) is 0 Å². The summed E-state index contributed by atoms with van der Waals surface area (Å²) in [6.07, 6.45) is 12.5. The fraction of sp³-hybridized carbons (Fsp3) is 0.750. The number of hydrogen-bond acceptors (Lipinski definition) is 2. The molecule has 0 radical (unpaired) electrons. The van der Waals surface area contributed by atoms with Crippen LogP contribution in [-0.4, -0.2) is 5.11 Å². The van der Waals surface area contributed by atoms with E-state index < -0.39 is 0 Å². The van der Waals surface area contributed by atoms with E-state index in [-0.39, 0.29) is 6.10 Å². The molecule has 0 fully saturated rings. The molecule has 1 nitrogen and oxygen atoms in total. The van der Waals surface area contributed by atoms with Gasteiger partial charge in [0.05, 0.1) is 9.89 Å². The van der Waals surface area contributed by atoms with Gasteiger partial charge >= 0.3 is 0 Å². The SMILES string of the molecule is CCCCCCCCCCCC(O)c1cc(Br)c(Br)s1. The van der Waals surface area contributed by atoms with Crippen LogP contribution in [-0.2, 0) is 0 Å². The Kier molecular flexibility index (Phi) is 10.5. The number of rotatable bonds is 11. The number of thiophene rings is 1. The molecule has 0 saturated heterocycles. The van der Waals surface area contributed by atoms with Crippen LogP contribution in [0.3, 0.4) is 0 Å².